The fraction of sp³-hybridized carbons (Fsp3) is 1.00. The van der Waals surface area contributed by atoms with Gasteiger partial charge in [-0.1, -0.05) is 27.7 Å². The highest BCUT2D eigenvalue weighted by Crippen LogP contribution is 2.16. The van der Waals surface area contributed by atoms with Gasteiger partial charge in [-0.2, -0.15) is 0 Å². The molecule has 0 aromatic rings. The van der Waals surface area contributed by atoms with Crippen LogP contribution in [0.1, 0.15) is 27.7 Å². The molecule has 0 atom stereocenters. The molecule has 0 aliphatic heterocycles. The molecule has 0 heterocycles. The molecule has 0 bridgehead atoms. The SMILES string of the molecule is CC(C)[SiH]([O])C(C)C. The van der Waals surface area contributed by atoms with Crippen molar-refractivity contribution in [2.24, 2.45) is 0 Å². The number of hydrogen-bond acceptors (Lipinski definition) is 0. The van der Waals surface area contributed by atoms with Gasteiger partial charge in [0, 0.05) is 0 Å². The average Bonchev–Trinajstić information content (AvgIpc) is 1.64. The summed E-state index contributed by atoms with van der Waals surface area (Å²) in [6, 6.07) is 0. The fourth-order valence-electron chi connectivity index (χ4n) is 0.770. The van der Waals surface area contributed by atoms with Gasteiger partial charge in [-0.05, 0) is 11.1 Å². The van der Waals surface area contributed by atoms with Gasteiger partial charge in [-0.15, -0.1) is 0 Å². The number of rotatable bonds is 2. The van der Waals surface area contributed by atoms with Crippen LogP contribution in [0.2, 0.25) is 11.1 Å². The molecule has 0 saturated heterocycles. The zero-order chi connectivity index (χ0) is 6.73. The Hall–Kier alpha value is 0.177. The van der Waals surface area contributed by atoms with Crippen LogP contribution in [-0.4, -0.2) is 9.04 Å². The van der Waals surface area contributed by atoms with Gasteiger partial charge < -0.3 is 4.80 Å². The zero-order valence-electron chi connectivity index (χ0n) is 6.14. The third-order valence-corrected chi connectivity index (χ3v) is 3.94. The summed E-state index contributed by atoms with van der Waals surface area (Å²) in [4.78, 5) is 11.1. The van der Waals surface area contributed by atoms with Crippen LogP contribution in [0.5, 0.6) is 0 Å². The van der Waals surface area contributed by atoms with Crippen molar-refractivity contribution in [1.29, 1.82) is 0 Å². The molecule has 0 rings (SSSR count). The highest BCUT2D eigenvalue weighted by Gasteiger charge is 2.17. The smallest absolute Gasteiger partial charge is 0.227 e. The van der Waals surface area contributed by atoms with Gasteiger partial charge in [0.1, 0.15) is 0 Å². The summed E-state index contributed by atoms with van der Waals surface area (Å²) in [6.45, 7) is 8.13. The lowest BCUT2D eigenvalue weighted by Crippen LogP contribution is -2.17. The van der Waals surface area contributed by atoms with E-state index >= 15 is 0 Å². The van der Waals surface area contributed by atoms with Gasteiger partial charge in [0.25, 0.3) is 0 Å². The summed E-state index contributed by atoms with van der Waals surface area (Å²) in [5.41, 5.74) is 0.852. The van der Waals surface area contributed by atoms with Crippen LogP contribution in [0.15, 0.2) is 0 Å². The lowest BCUT2D eigenvalue weighted by atomic mass is 10.5. The Morgan fingerprint density at radius 1 is 1.00 bits per heavy atom. The quantitative estimate of drug-likeness (QED) is 0.511. The van der Waals surface area contributed by atoms with Crippen molar-refractivity contribution < 1.29 is 4.80 Å². The molecule has 2 heteroatoms. The van der Waals surface area contributed by atoms with Gasteiger partial charge in [-0.25, -0.2) is 0 Å². The second-order valence-electron chi connectivity index (χ2n) is 2.95. The maximum absolute atomic E-state index is 11.1. The van der Waals surface area contributed by atoms with E-state index in [1.807, 2.05) is 27.7 Å². The molecular weight excluding hydrogens is 116 g/mol. The molecule has 8 heavy (non-hydrogen) atoms. The Labute approximate surface area is 53.5 Å². The molecule has 49 valence electrons. The molecule has 0 N–H and O–H groups in total. The molecule has 0 aliphatic carbocycles. The van der Waals surface area contributed by atoms with Crippen LogP contribution in [0.3, 0.4) is 0 Å². The van der Waals surface area contributed by atoms with E-state index in [9.17, 15) is 4.80 Å². The zero-order valence-corrected chi connectivity index (χ0v) is 7.29. The second-order valence-corrected chi connectivity index (χ2v) is 6.55. The van der Waals surface area contributed by atoms with Crippen molar-refractivity contribution in [3.05, 3.63) is 0 Å². The molecular formula is C6H15OSi. The van der Waals surface area contributed by atoms with Gasteiger partial charge in [0.2, 0.25) is 9.04 Å². The van der Waals surface area contributed by atoms with Gasteiger partial charge in [0.15, 0.2) is 0 Å². The van der Waals surface area contributed by atoms with E-state index in [4.69, 9.17) is 0 Å². The molecule has 1 radical (unpaired) electrons. The van der Waals surface area contributed by atoms with Crippen LogP contribution in [0.25, 0.3) is 0 Å². The van der Waals surface area contributed by atoms with Gasteiger partial charge in [-0.3, -0.25) is 0 Å². The van der Waals surface area contributed by atoms with Crippen LogP contribution in [0.4, 0.5) is 0 Å². The largest absolute Gasteiger partial charge is 0.301 e. The summed E-state index contributed by atoms with van der Waals surface area (Å²) in [5.74, 6) is 0. The van der Waals surface area contributed by atoms with E-state index in [-0.39, 0.29) is 0 Å². The van der Waals surface area contributed by atoms with Gasteiger partial charge in [0.05, 0.1) is 0 Å². The molecule has 0 aromatic heterocycles. The first kappa shape index (κ1) is 8.18. The van der Waals surface area contributed by atoms with E-state index in [0.29, 0.717) is 11.1 Å². The molecule has 0 saturated carbocycles. The third kappa shape index (κ3) is 2.48. The summed E-state index contributed by atoms with van der Waals surface area (Å²) in [6.07, 6.45) is 0. The average molecular weight is 131 g/mol. The summed E-state index contributed by atoms with van der Waals surface area (Å²) >= 11 is 0. The van der Waals surface area contributed by atoms with Crippen molar-refractivity contribution in [3.8, 4) is 0 Å². The van der Waals surface area contributed by atoms with Crippen LogP contribution >= 0.6 is 0 Å². The summed E-state index contributed by atoms with van der Waals surface area (Å²) in [5, 5.41) is 0. The normalized spacial score (nSPS) is 12.0. The maximum Gasteiger partial charge on any atom is 0.227 e. The van der Waals surface area contributed by atoms with E-state index in [1.165, 1.54) is 0 Å². The predicted molar refractivity (Wildman–Crippen MR) is 38.0 cm³/mol. The topological polar surface area (TPSA) is 19.9 Å². The Morgan fingerprint density at radius 2 is 1.25 bits per heavy atom. The first-order valence-electron chi connectivity index (χ1n) is 3.21. The molecule has 0 spiro atoms. The van der Waals surface area contributed by atoms with Crippen LogP contribution in [-0.2, 0) is 4.80 Å². The standard InChI is InChI=1S/C6H15OSi/c1-5(2)8(7)6(3)4/h5-6,8H,1-4H3. The van der Waals surface area contributed by atoms with Crippen molar-refractivity contribution in [2.75, 3.05) is 0 Å². The van der Waals surface area contributed by atoms with E-state index in [2.05, 4.69) is 0 Å². The minimum Gasteiger partial charge on any atom is -0.301 e. The van der Waals surface area contributed by atoms with E-state index in [0.717, 1.165) is 0 Å². The lowest BCUT2D eigenvalue weighted by molar-refractivity contribution is 0.424. The summed E-state index contributed by atoms with van der Waals surface area (Å²) < 4.78 is 0. The van der Waals surface area contributed by atoms with Crippen molar-refractivity contribution >= 4 is 9.04 Å². The van der Waals surface area contributed by atoms with Crippen molar-refractivity contribution in [1.82, 2.24) is 0 Å². The fourth-order valence-corrected chi connectivity index (χ4v) is 2.31. The highest BCUT2D eigenvalue weighted by atomic mass is 28.3. The monoisotopic (exact) mass is 131 g/mol. The minimum atomic E-state index is -1.60. The van der Waals surface area contributed by atoms with Crippen molar-refractivity contribution in [2.45, 2.75) is 38.8 Å². The van der Waals surface area contributed by atoms with E-state index in [1.54, 1.807) is 0 Å². The molecule has 1 nitrogen and oxygen atoms in total. The van der Waals surface area contributed by atoms with Crippen molar-refractivity contribution in [3.63, 3.8) is 0 Å². The molecule has 0 aliphatic rings. The third-order valence-electron chi connectivity index (χ3n) is 1.31. The van der Waals surface area contributed by atoms with Crippen LogP contribution < -0.4 is 0 Å². The molecule has 0 aromatic carbocycles. The Kier molecular flexibility index (Phi) is 3.32. The first-order chi connectivity index (χ1) is 3.55. The Balaban J connectivity index is 3.46. The summed E-state index contributed by atoms with van der Waals surface area (Å²) in [7, 11) is -1.60. The maximum atomic E-state index is 11.1. The molecule has 0 unspecified atom stereocenters. The molecule has 0 amide bonds. The Morgan fingerprint density at radius 3 is 1.25 bits per heavy atom. The van der Waals surface area contributed by atoms with E-state index < -0.39 is 9.04 Å². The second kappa shape index (κ2) is 3.25. The lowest BCUT2D eigenvalue weighted by Gasteiger charge is -2.12. The first-order valence-corrected chi connectivity index (χ1v) is 5.02. The minimum absolute atomic E-state index is 0.426. The highest BCUT2D eigenvalue weighted by molar-refractivity contribution is 6.53. The number of hydrogen-bond donors (Lipinski definition) is 0. The molecule has 0 fully saturated rings. The predicted octanol–water partition coefficient (Wildman–Crippen LogP) is 1.96. The van der Waals surface area contributed by atoms with Gasteiger partial charge >= 0.3 is 0 Å². The Bertz CT molecular complexity index is 53.5. The van der Waals surface area contributed by atoms with Crippen LogP contribution in [0, 0.1) is 0 Å².